The lowest BCUT2D eigenvalue weighted by atomic mass is 10.1. The molecule has 4 nitrogen and oxygen atoms in total. The molecule has 0 atom stereocenters. The van der Waals surface area contributed by atoms with Crippen molar-refractivity contribution < 1.29 is 9.53 Å². The first kappa shape index (κ1) is 19.6. The van der Waals surface area contributed by atoms with E-state index < -0.39 is 0 Å². The van der Waals surface area contributed by atoms with Gasteiger partial charge < -0.3 is 4.74 Å². The number of hydrogen-bond donors (Lipinski definition) is 1. The Morgan fingerprint density at radius 2 is 1.79 bits per heavy atom. The first-order valence-electron chi connectivity index (χ1n) is 9.35. The maximum atomic E-state index is 12.6. The summed E-state index contributed by atoms with van der Waals surface area (Å²) in [6.45, 7) is 8.68. The highest BCUT2D eigenvalue weighted by atomic mass is 32.1. The summed E-state index contributed by atoms with van der Waals surface area (Å²) in [6.07, 6.45) is 0. The number of fused-ring (bicyclic) bond motifs is 1. The largest absolute Gasteiger partial charge is 0.488 e. The van der Waals surface area contributed by atoms with E-state index in [0.29, 0.717) is 16.6 Å². The Bertz CT molecular complexity index is 1180. The number of aromatic nitrogens is 1. The molecule has 0 spiro atoms. The molecule has 0 fully saturated rings. The van der Waals surface area contributed by atoms with Crippen molar-refractivity contribution in [2.45, 2.75) is 34.3 Å². The van der Waals surface area contributed by atoms with Crippen LogP contribution in [0.1, 0.15) is 37.5 Å². The van der Waals surface area contributed by atoms with Gasteiger partial charge in [0.2, 0.25) is 0 Å². The number of thiophene rings is 1. The van der Waals surface area contributed by atoms with Gasteiger partial charge >= 0.3 is 0 Å². The van der Waals surface area contributed by atoms with Crippen molar-refractivity contribution in [1.82, 2.24) is 4.98 Å². The molecule has 0 saturated heterocycles. The Morgan fingerprint density at radius 3 is 2.55 bits per heavy atom. The van der Waals surface area contributed by atoms with Gasteiger partial charge in [0, 0.05) is 5.56 Å². The van der Waals surface area contributed by atoms with Crippen molar-refractivity contribution in [3.05, 3.63) is 74.5 Å². The number of anilines is 1. The van der Waals surface area contributed by atoms with Crippen LogP contribution in [0.15, 0.2) is 41.8 Å². The minimum atomic E-state index is -0.139. The number of carbonyl (C=O) groups excluding carboxylic acids is 1. The molecule has 0 bridgehead atoms. The molecule has 2 aromatic carbocycles. The van der Waals surface area contributed by atoms with Gasteiger partial charge in [-0.2, -0.15) is 0 Å². The molecule has 29 heavy (non-hydrogen) atoms. The van der Waals surface area contributed by atoms with Gasteiger partial charge in [-0.3, -0.25) is 10.1 Å². The molecule has 1 amide bonds. The molecule has 2 aromatic heterocycles. The predicted octanol–water partition coefficient (Wildman–Crippen LogP) is 6.42. The molecule has 4 rings (SSSR count). The number of benzene rings is 2. The normalized spacial score (nSPS) is 11.0. The molecule has 1 N–H and O–H groups in total. The maximum absolute atomic E-state index is 12.6. The van der Waals surface area contributed by atoms with E-state index in [1.54, 1.807) is 0 Å². The van der Waals surface area contributed by atoms with Crippen LogP contribution in [-0.4, -0.2) is 10.9 Å². The van der Waals surface area contributed by atoms with Gasteiger partial charge in [0.15, 0.2) is 5.13 Å². The predicted molar refractivity (Wildman–Crippen MR) is 122 cm³/mol. The van der Waals surface area contributed by atoms with Gasteiger partial charge in [0.25, 0.3) is 5.91 Å². The Kier molecular flexibility index (Phi) is 5.39. The zero-order valence-electron chi connectivity index (χ0n) is 16.8. The van der Waals surface area contributed by atoms with Gasteiger partial charge in [0.1, 0.15) is 12.4 Å². The van der Waals surface area contributed by atoms with Crippen LogP contribution in [0.4, 0.5) is 5.13 Å². The van der Waals surface area contributed by atoms with Crippen LogP contribution in [0.2, 0.25) is 0 Å². The zero-order valence-corrected chi connectivity index (χ0v) is 18.5. The highest BCUT2D eigenvalue weighted by Crippen LogP contribution is 2.28. The third-order valence-corrected chi connectivity index (χ3v) is 6.54. The number of nitrogens with one attached hydrogen (secondary N) is 1. The van der Waals surface area contributed by atoms with E-state index in [4.69, 9.17) is 4.74 Å². The van der Waals surface area contributed by atoms with E-state index in [0.717, 1.165) is 32.7 Å². The van der Waals surface area contributed by atoms with Crippen molar-refractivity contribution in [2.75, 3.05) is 5.32 Å². The second-order valence-electron chi connectivity index (χ2n) is 7.28. The number of ether oxygens (including phenoxy) is 1. The lowest BCUT2D eigenvalue weighted by Crippen LogP contribution is -2.09. The van der Waals surface area contributed by atoms with E-state index in [2.05, 4.69) is 49.3 Å². The van der Waals surface area contributed by atoms with Crippen LogP contribution in [0.3, 0.4) is 0 Å². The number of hydrogen-bond acceptors (Lipinski definition) is 5. The summed E-state index contributed by atoms with van der Waals surface area (Å²) < 4.78 is 7.11. The molecule has 2 heterocycles. The van der Waals surface area contributed by atoms with Crippen molar-refractivity contribution in [2.24, 2.45) is 0 Å². The average Bonchev–Trinajstić information content (AvgIpc) is 3.27. The molecule has 6 heteroatoms. The molecular weight excluding hydrogens is 400 g/mol. The van der Waals surface area contributed by atoms with Gasteiger partial charge in [-0.1, -0.05) is 35.1 Å². The third-order valence-electron chi connectivity index (χ3n) is 4.63. The molecule has 4 aromatic rings. The minimum Gasteiger partial charge on any atom is -0.488 e. The highest BCUT2D eigenvalue weighted by molar-refractivity contribution is 7.22. The fourth-order valence-corrected chi connectivity index (χ4v) is 5.12. The summed E-state index contributed by atoms with van der Waals surface area (Å²) in [5.41, 5.74) is 6.55. The van der Waals surface area contributed by atoms with Crippen molar-refractivity contribution in [3.8, 4) is 5.75 Å². The maximum Gasteiger partial charge on any atom is 0.267 e. The molecule has 0 aliphatic carbocycles. The second kappa shape index (κ2) is 7.97. The van der Waals surface area contributed by atoms with E-state index in [-0.39, 0.29) is 5.91 Å². The minimum absolute atomic E-state index is 0.139. The topological polar surface area (TPSA) is 51.2 Å². The highest BCUT2D eigenvalue weighted by Gasteiger charge is 2.13. The number of nitrogens with zero attached hydrogens (tertiary/aromatic N) is 1. The smallest absolute Gasteiger partial charge is 0.267 e. The van der Waals surface area contributed by atoms with Crippen molar-refractivity contribution in [3.63, 3.8) is 0 Å². The van der Waals surface area contributed by atoms with Gasteiger partial charge in [-0.25, -0.2) is 4.98 Å². The van der Waals surface area contributed by atoms with E-state index in [9.17, 15) is 4.79 Å². The number of carbonyl (C=O) groups is 1. The summed E-state index contributed by atoms with van der Waals surface area (Å²) in [7, 11) is 0. The Hall–Kier alpha value is -2.70. The number of thiazole rings is 1. The van der Waals surface area contributed by atoms with E-state index >= 15 is 0 Å². The molecule has 0 radical (unpaired) electrons. The number of rotatable bonds is 5. The Labute approximate surface area is 178 Å². The first-order valence-corrected chi connectivity index (χ1v) is 11.1. The Morgan fingerprint density at radius 1 is 1.03 bits per heavy atom. The molecule has 0 aliphatic heterocycles. The van der Waals surface area contributed by atoms with Crippen LogP contribution in [0.25, 0.3) is 10.2 Å². The van der Waals surface area contributed by atoms with Crippen molar-refractivity contribution >= 4 is 43.9 Å². The van der Waals surface area contributed by atoms with Crippen LogP contribution < -0.4 is 10.1 Å². The summed E-state index contributed by atoms with van der Waals surface area (Å²) in [4.78, 5) is 17.8. The van der Waals surface area contributed by atoms with Crippen LogP contribution >= 0.6 is 22.7 Å². The standard InChI is InChI=1S/C23H22N2O2S2/c1-13-5-6-18-19(9-13)29-23(24-18)25-22(26)20-10-17(12-28-20)11-27-21-15(3)7-14(2)8-16(21)4/h5-10,12H,11H2,1-4H3,(H,24,25,26). The molecular formula is C23H22N2O2S2. The average molecular weight is 423 g/mol. The summed E-state index contributed by atoms with van der Waals surface area (Å²) in [5, 5.41) is 5.50. The van der Waals surface area contributed by atoms with Gasteiger partial charge in [-0.05, 0) is 68.0 Å². The number of amides is 1. The van der Waals surface area contributed by atoms with Gasteiger partial charge in [-0.15, -0.1) is 11.3 Å². The third kappa shape index (κ3) is 4.33. The zero-order chi connectivity index (χ0) is 20.5. The van der Waals surface area contributed by atoms with Crippen molar-refractivity contribution in [1.29, 1.82) is 0 Å². The van der Waals surface area contributed by atoms with Crippen LogP contribution in [0, 0.1) is 27.7 Å². The lowest BCUT2D eigenvalue weighted by molar-refractivity contribution is 0.103. The van der Waals surface area contributed by atoms with E-state index in [1.807, 2.05) is 30.5 Å². The molecule has 0 aliphatic rings. The fraction of sp³-hybridized carbons (Fsp3) is 0.217. The fourth-order valence-electron chi connectivity index (χ4n) is 3.36. The molecule has 148 valence electrons. The Balaban J connectivity index is 1.43. The summed E-state index contributed by atoms with van der Waals surface area (Å²) in [6, 6.07) is 12.2. The van der Waals surface area contributed by atoms with E-state index in [1.165, 1.54) is 33.8 Å². The second-order valence-corrected chi connectivity index (χ2v) is 9.22. The summed E-state index contributed by atoms with van der Waals surface area (Å²) >= 11 is 2.91. The lowest BCUT2D eigenvalue weighted by Gasteiger charge is -2.12. The van der Waals surface area contributed by atoms with Crippen LogP contribution in [-0.2, 0) is 6.61 Å². The summed E-state index contributed by atoms with van der Waals surface area (Å²) in [5.74, 6) is 0.775. The monoisotopic (exact) mass is 422 g/mol. The number of aryl methyl sites for hydroxylation is 4. The SMILES string of the molecule is Cc1cc(C)c(OCc2csc(C(=O)Nc3nc4ccc(C)cc4s3)c2)c(C)c1. The molecule has 0 unspecified atom stereocenters. The first-order chi connectivity index (χ1) is 13.9. The molecule has 0 saturated carbocycles. The van der Waals surface area contributed by atoms with Gasteiger partial charge in [0.05, 0.1) is 15.1 Å². The van der Waals surface area contributed by atoms with Crippen LogP contribution in [0.5, 0.6) is 5.75 Å². The quantitative estimate of drug-likeness (QED) is 0.403.